The number of nitrogens with zero attached hydrogens (tertiary/aromatic N) is 2. The fourth-order valence-electron chi connectivity index (χ4n) is 5.79. The van der Waals surface area contributed by atoms with Crippen molar-refractivity contribution in [2.45, 2.75) is 32.7 Å². The molecular weight excluding hydrogens is 484 g/mol. The maximum Gasteiger partial charge on any atom is 0.333 e. The molecule has 0 radical (unpaired) electrons. The predicted molar refractivity (Wildman–Crippen MR) is 154 cm³/mol. The smallest absolute Gasteiger partial charge is 0.333 e. The van der Waals surface area contributed by atoms with Crippen LogP contribution >= 0.6 is 0 Å². The van der Waals surface area contributed by atoms with Gasteiger partial charge in [0.25, 0.3) is 0 Å². The second kappa shape index (κ2) is 10.6. The van der Waals surface area contributed by atoms with Crippen molar-refractivity contribution in [1.29, 1.82) is 0 Å². The molecule has 1 aromatic heterocycles. The van der Waals surface area contributed by atoms with E-state index in [1.165, 1.54) is 12.5 Å². The van der Waals surface area contributed by atoms with Crippen LogP contribution in [0.25, 0.3) is 28.2 Å². The zero-order valence-corrected chi connectivity index (χ0v) is 21.9. The summed E-state index contributed by atoms with van der Waals surface area (Å²) in [5.41, 5.74) is 6.92. The Bertz CT molecular complexity index is 1670. The number of rotatable bonds is 6. The molecule has 0 aliphatic heterocycles. The van der Waals surface area contributed by atoms with Crippen molar-refractivity contribution in [3.8, 4) is 34.0 Å². The van der Waals surface area contributed by atoms with Gasteiger partial charge in [-0.15, -0.1) is 0 Å². The van der Waals surface area contributed by atoms with E-state index in [9.17, 15) is 9.59 Å². The zero-order valence-electron chi connectivity index (χ0n) is 21.9. The third kappa shape index (κ3) is 4.84. The Morgan fingerprint density at radius 2 is 1.41 bits per heavy atom. The lowest BCUT2D eigenvalue weighted by Gasteiger charge is -2.26. The van der Waals surface area contributed by atoms with Crippen LogP contribution < -0.4 is 10.4 Å². The molecule has 6 rings (SSSR count). The largest absolute Gasteiger partial charge is 0.426 e. The second-order valence-electron chi connectivity index (χ2n) is 10.1. The van der Waals surface area contributed by atoms with Gasteiger partial charge in [0.15, 0.2) is 0 Å². The highest BCUT2D eigenvalue weighted by molar-refractivity contribution is 5.80. The third-order valence-electron chi connectivity index (χ3n) is 7.48. The van der Waals surface area contributed by atoms with Crippen LogP contribution in [0.2, 0.25) is 0 Å². The number of benzene rings is 4. The van der Waals surface area contributed by atoms with E-state index in [4.69, 9.17) is 4.74 Å². The Kier molecular flexibility index (Phi) is 6.72. The quantitative estimate of drug-likeness (QED) is 0.187. The maximum atomic E-state index is 14.3. The van der Waals surface area contributed by atoms with E-state index >= 15 is 0 Å². The minimum atomic E-state index is -0.305. The van der Waals surface area contributed by atoms with Crippen LogP contribution in [0.5, 0.6) is 5.75 Å². The molecule has 39 heavy (non-hydrogen) atoms. The number of imidazole rings is 1. The third-order valence-corrected chi connectivity index (χ3v) is 7.48. The van der Waals surface area contributed by atoms with Crippen LogP contribution in [-0.4, -0.2) is 15.1 Å². The topological polar surface area (TPSA) is 53.2 Å². The molecule has 0 saturated carbocycles. The van der Waals surface area contributed by atoms with Crippen LogP contribution in [0.3, 0.4) is 0 Å². The highest BCUT2D eigenvalue weighted by Gasteiger charge is 2.28. The fraction of sp³-hybridized carbons (Fsp3) is 0.176. The Labute approximate surface area is 227 Å². The van der Waals surface area contributed by atoms with Gasteiger partial charge in [-0.05, 0) is 54.5 Å². The van der Waals surface area contributed by atoms with Gasteiger partial charge in [-0.1, -0.05) is 91.0 Å². The second-order valence-corrected chi connectivity index (χ2v) is 10.1. The number of carbonyl (C=O) groups excluding carboxylic acids is 1. The molecule has 0 N–H and O–H groups in total. The zero-order chi connectivity index (χ0) is 26.8. The molecule has 0 amide bonds. The van der Waals surface area contributed by atoms with E-state index in [2.05, 4.69) is 30.3 Å². The number of esters is 1. The van der Waals surface area contributed by atoms with Crippen molar-refractivity contribution < 1.29 is 9.53 Å². The number of hydrogen-bond acceptors (Lipinski definition) is 3. The Morgan fingerprint density at radius 3 is 2.05 bits per heavy atom. The lowest BCUT2D eigenvalue weighted by Crippen LogP contribution is -2.29. The first-order valence-electron chi connectivity index (χ1n) is 13.4. The summed E-state index contributed by atoms with van der Waals surface area (Å²) in [5.74, 6) is 0.614. The number of hydrogen-bond donors (Lipinski definition) is 0. The van der Waals surface area contributed by atoms with E-state index in [-0.39, 0.29) is 17.6 Å². The lowest BCUT2D eigenvalue weighted by molar-refractivity contribution is -0.131. The van der Waals surface area contributed by atoms with Crippen LogP contribution in [0, 0.1) is 5.92 Å². The SMILES string of the molecule is CC(=O)Oc1cccc2c1CCC(Cn1c(-c3ccccc3)c(-c3ccccc3)n(-c3ccccc3)c1=O)C2. The van der Waals surface area contributed by atoms with Gasteiger partial charge >= 0.3 is 11.7 Å². The summed E-state index contributed by atoms with van der Waals surface area (Å²) >= 11 is 0. The Balaban J connectivity index is 1.49. The molecule has 1 heterocycles. The van der Waals surface area contributed by atoms with E-state index in [1.807, 2.05) is 88.0 Å². The van der Waals surface area contributed by atoms with Gasteiger partial charge in [0.2, 0.25) is 0 Å². The molecule has 5 heteroatoms. The number of carbonyl (C=O) groups is 1. The fourth-order valence-corrected chi connectivity index (χ4v) is 5.79. The molecule has 0 saturated heterocycles. The molecule has 5 nitrogen and oxygen atoms in total. The molecular formula is C34H30N2O3. The summed E-state index contributed by atoms with van der Waals surface area (Å²) in [6, 6.07) is 36.2. The molecule has 0 spiro atoms. The van der Waals surface area contributed by atoms with Crippen LogP contribution in [0.1, 0.15) is 24.5 Å². The van der Waals surface area contributed by atoms with Crippen molar-refractivity contribution in [3.63, 3.8) is 0 Å². The number of aromatic nitrogens is 2. The molecule has 4 aromatic carbocycles. The predicted octanol–water partition coefficient (Wildman–Crippen LogP) is 6.70. The molecule has 0 bridgehead atoms. The minimum absolute atomic E-state index is 0.0432. The average molecular weight is 515 g/mol. The van der Waals surface area contributed by atoms with E-state index < -0.39 is 0 Å². The summed E-state index contributed by atoms with van der Waals surface area (Å²) in [7, 11) is 0. The standard InChI is InChI=1S/C34H30N2O3/c1-24(37)39-31-19-11-16-28-22-25(20-21-30(28)31)23-35-32(26-12-5-2-6-13-26)33(27-14-7-3-8-15-27)36(34(35)38)29-17-9-4-10-18-29/h2-19,25H,20-23H2,1H3. The van der Waals surface area contributed by atoms with Gasteiger partial charge in [-0.25, -0.2) is 4.79 Å². The van der Waals surface area contributed by atoms with Crippen molar-refractivity contribution in [2.24, 2.45) is 5.92 Å². The van der Waals surface area contributed by atoms with Crippen molar-refractivity contribution in [1.82, 2.24) is 9.13 Å². The summed E-state index contributed by atoms with van der Waals surface area (Å²) in [5, 5.41) is 0. The van der Waals surface area contributed by atoms with E-state index in [1.54, 1.807) is 0 Å². The first kappa shape index (κ1) is 24.7. The highest BCUT2D eigenvalue weighted by Crippen LogP contribution is 2.37. The Morgan fingerprint density at radius 1 is 0.795 bits per heavy atom. The van der Waals surface area contributed by atoms with Gasteiger partial charge in [-0.2, -0.15) is 0 Å². The van der Waals surface area contributed by atoms with Gasteiger partial charge in [0, 0.05) is 24.6 Å². The molecule has 5 aromatic rings. The van der Waals surface area contributed by atoms with E-state index in [0.29, 0.717) is 12.3 Å². The summed E-state index contributed by atoms with van der Waals surface area (Å²) in [6.07, 6.45) is 2.54. The summed E-state index contributed by atoms with van der Waals surface area (Å²) in [6.45, 7) is 2.03. The summed E-state index contributed by atoms with van der Waals surface area (Å²) < 4.78 is 9.30. The van der Waals surface area contributed by atoms with Gasteiger partial charge in [0.1, 0.15) is 5.75 Å². The molecule has 1 aliphatic rings. The molecule has 0 fully saturated rings. The first-order chi connectivity index (χ1) is 19.1. The normalized spacial score (nSPS) is 14.5. The maximum absolute atomic E-state index is 14.3. The molecule has 1 atom stereocenters. The van der Waals surface area contributed by atoms with Crippen LogP contribution in [-0.2, 0) is 24.2 Å². The average Bonchev–Trinajstić information content (AvgIpc) is 3.25. The van der Waals surface area contributed by atoms with Crippen LogP contribution in [0.4, 0.5) is 0 Å². The minimum Gasteiger partial charge on any atom is -0.426 e. The number of ether oxygens (including phenoxy) is 1. The van der Waals surface area contributed by atoms with Crippen molar-refractivity contribution in [2.75, 3.05) is 0 Å². The molecule has 1 unspecified atom stereocenters. The molecule has 1 aliphatic carbocycles. The van der Waals surface area contributed by atoms with Gasteiger partial charge in [0.05, 0.1) is 17.1 Å². The van der Waals surface area contributed by atoms with Gasteiger partial charge < -0.3 is 4.74 Å². The van der Waals surface area contributed by atoms with E-state index in [0.717, 1.165) is 53.0 Å². The number of para-hydroxylation sites is 1. The first-order valence-corrected chi connectivity index (χ1v) is 13.4. The number of fused-ring (bicyclic) bond motifs is 1. The van der Waals surface area contributed by atoms with Crippen molar-refractivity contribution >= 4 is 5.97 Å². The Hall–Kier alpha value is -4.64. The van der Waals surface area contributed by atoms with Crippen molar-refractivity contribution in [3.05, 3.63) is 131 Å². The highest BCUT2D eigenvalue weighted by atomic mass is 16.5. The molecule has 194 valence electrons. The van der Waals surface area contributed by atoms with Gasteiger partial charge in [-0.3, -0.25) is 13.9 Å². The summed E-state index contributed by atoms with van der Waals surface area (Å²) in [4.78, 5) is 25.9. The lowest BCUT2D eigenvalue weighted by atomic mass is 9.83. The monoisotopic (exact) mass is 514 g/mol. The van der Waals surface area contributed by atoms with Crippen LogP contribution in [0.15, 0.2) is 114 Å².